The molecule has 0 saturated carbocycles. The summed E-state index contributed by atoms with van der Waals surface area (Å²) < 4.78 is 157. The summed E-state index contributed by atoms with van der Waals surface area (Å²) in [6.07, 6.45) is -3.11. The zero-order chi connectivity index (χ0) is 93.5. The minimum Gasteiger partial charge on any atom is -0.293 e. The molecule has 0 spiro atoms. The van der Waals surface area contributed by atoms with Gasteiger partial charge in [-0.15, -0.1) is 0 Å². The first-order valence-electron chi connectivity index (χ1n) is 39.3. The number of rotatable bonds is 15. The molecule has 20 rings (SSSR count). The highest BCUT2D eigenvalue weighted by Crippen LogP contribution is 2.52. The molecule has 0 atom stereocenters. The number of thiazole rings is 5. The van der Waals surface area contributed by atoms with Gasteiger partial charge in [-0.25, -0.2) is 57.1 Å². The fourth-order valence-electron chi connectivity index (χ4n) is 14.5. The van der Waals surface area contributed by atoms with Crippen LogP contribution in [-0.2, 0) is 50.6 Å². The van der Waals surface area contributed by atoms with Crippen LogP contribution >= 0.6 is 155 Å². The number of anilines is 5. The molecule has 0 saturated heterocycles. The average molecular weight is 2100 g/mol. The van der Waals surface area contributed by atoms with E-state index in [1.54, 1.807) is 35.1 Å². The van der Waals surface area contributed by atoms with Gasteiger partial charge in [0.15, 0.2) is 25.7 Å². The lowest BCUT2D eigenvalue weighted by molar-refractivity contribution is -0.140. The molecule has 0 unspecified atom stereocenters. The number of nitrogens with one attached hydrogen (secondary N) is 5. The third-order valence-corrected chi connectivity index (χ3v) is 29.2. The van der Waals surface area contributed by atoms with E-state index in [1.165, 1.54) is 104 Å². The van der Waals surface area contributed by atoms with Crippen LogP contribution in [0.2, 0.25) is 10.0 Å². The minimum absolute atomic E-state index is 0.0281. The molecule has 5 aromatic carbocycles. The predicted octanol–water partition coefficient (Wildman–Crippen LogP) is 26.3. The zero-order valence-electron chi connectivity index (χ0n) is 68.4. The Morgan fingerprint density at radius 3 is 1.03 bits per heavy atom. The Morgan fingerprint density at radius 2 is 0.682 bits per heavy atom. The van der Waals surface area contributed by atoms with Crippen molar-refractivity contribution in [3.63, 3.8) is 0 Å². The first kappa shape index (κ1) is 94.9. The maximum Gasteiger partial charge on any atom is 0.421 e. The van der Waals surface area contributed by atoms with Crippen LogP contribution < -0.4 is 26.6 Å². The standard InChI is InChI=1S/2C17H12F4N4OS2.C17H13F3N4OS2.C16H13BrN4OS2.C16H12Cl2N4OS2/c1-2-27-16(26)24-15-23-11-5-8-7-22-25(13(8)14(11)28-15)12-6-9(18)3-4-10(12)17(19,20)21;1-2-27-16(26)24-15-23-10-6-8-7-22-25(13(8)14(10)28-15)11-5-3-4-9(18)12(11)17(19,20)21;1-2-26-16(25)23-15-22-11-7-9-8-21-24(13(9)14(11)27-15)12-6-4-3-5-10(12)17(18,19)20;1-2-23-16(22)20-15-19-11-7-9-8-18-21(13(9)14(11)24-15)12-6-4-3-5-10(12)17;1-2-24-16(23)21-15-20-11-5-8-7-19-22(13(8)14(11)25-15)12-6-9(17)3-4-10(12)18/h3-4,6-7H,2,5H2,1H3,(H,23,24,26);3-5,7H,2,6H2,1H3,(H,23,24,26);3-6,8H,2,7H2,1H3,(H,22,23,25);3-6,8H,2,7H2,1H3,(H,19,20,22);3-4,6-7H,2,5H2,1H3,(H,20,21,23). The van der Waals surface area contributed by atoms with Crippen LogP contribution in [0.3, 0.4) is 0 Å². The molecule has 0 fully saturated rings. The lowest BCUT2D eigenvalue weighted by Gasteiger charge is -2.15. The molecule has 682 valence electrons. The summed E-state index contributed by atoms with van der Waals surface area (Å²) in [4.78, 5) is 85.1. The number of halogens is 14. The van der Waals surface area contributed by atoms with E-state index in [9.17, 15) is 72.3 Å². The molecular weight excluding hydrogens is 2040 g/mol. The van der Waals surface area contributed by atoms with Gasteiger partial charge in [0.25, 0.3) is 26.2 Å². The Kier molecular flexibility index (Phi) is 28.5. The molecule has 5 aliphatic rings. The van der Waals surface area contributed by atoms with E-state index in [1.807, 2.05) is 76.0 Å². The molecule has 5 aliphatic carbocycles. The molecule has 132 heavy (non-hydrogen) atoms. The van der Waals surface area contributed by atoms with E-state index >= 15 is 0 Å². The Labute approximate surface area is 800 Å². The molecule has 49 heteroatoms. The number of alkyl halides is 9. The van der Waals surface area contributed by atoms with Crippen molar-refractivity contribution in [2.45, 2.75) is 85.3 Å². The van der Waals surface area contributed by atoms with Gasteiger partial charge in [-0.2, -0.15) is 65.0 Å². The molecule has 10 aromatic heterocycles. The summed E-state index contributed by atoms with van der Waals surface area (Å²) in [6.45, 7) is 9.44. The van der Waals surface area contributed by atoms with E-state index < -0.39 is 46.9 Å². The number of thioether (sulfide) groups is 5. The molecule has 10 heterocycles. The molecule has 25 nitrogen and oxygen atoms in total. The Morgan fingerprint density at radius 1 is 0.371 bits per heavy atom. The van der Waals surface area contributed by atoms with Crippen molar-refractivity contribution in [1.29, 1.82) is 0 Å². The lowest BCUT2D eigenvalue weighted by atomic mass is 10.1. The van der Waals surface area contributed by atoms with Crippen molar-refractivity contribution >= 4 is 206 Å². The van der Waals surface area contributed by atoms with Gasteiger partial charge in [0.1, 0.15) is 17.2 Å². The quantitative estimate of drug-likeness (QED) is 0.0596. The Balaban J connectivity index is 0.000000121. The predicted molar refractivity (Wildman–Crippen MR) is 506 cm³/mol. The lowest BCUT2D eigenvalue weighted by Crippen LogP contribution is -2.14. The van der Waals surface area contributed by atoms with Gasteiger partial charge in [-0.1, -0.05) is 204 Å². The number of carbonyl (C=O) groups is 5. The smallest absolute Gasteiger partial charge is 0.293 e. The second-order valence-electron chi connectivity index (χ2n) is 28.1. The van der Waals surface area contributed by atoms with E-state index in [4.69, 9.17) is 23.2 Å². The van der Waals surface area contributed by atoms with Crippen molar-refractivity contribution < 1.29 is 72.3 Å². The van der Waals surface area contributed by atoms with Crippen LogP contribution in [-0.4, -0.2) is 129 Å². The third-order valence-electron chi connectivity index (χ3n) is 19.7. The molecule has 0 radical (unpaired) electrons. The van der Waals surface area contributed by atoms with Gasteiger partial charge in [0.05, 0.1) is 157 Å². The average Bonchev–Trinajstić information content (AvgIpc) is 1.52. The van der Waals surface area contributed by atoms with E-state index in [0.717, 1.165) is 180 Å². The summed E-state index contributed by atoms with van der Waals surface area (Å²) in [6, 6.07) is 24.1. The number of benzene rings is 5. The van der Waals surface area contributed by atoms with Crippen LogP contribution in [0.5, 0.6) is 0 Å². The van der Waals surface area contributed by atoms with Gasteiger partial charge in [0, 0.05) is 75.5 Å². The number of para-hydroxylation sites is 2. The summed E-state index contributed by atoms with van der Waals surface area (Å²) >= 11 is 28.3. The monoisotopic (exact) mass is 2100 g/mol. The van der Waals surface area contributed by atoms with E-state index in [0.29, 0.717) is 134 Å². The van der Waals surface area contributed by atoms with Gasteiger partial charge in [0.2, 0.25) is 0 Å². The molecule has 0 bridgehead atoms. The number of aromatic nitrogens is 15. The fourth-order valence-corrected chi connectivity index (χ4v) is 23.0. The zero-order valence-corrected chi connectivity index (χ0v) is 79.7. The molecule has 5 N–H and O–H groups in total. The topological polar surface area (TPSA) is 299 Å². The van der Waals surface area contributed by atoms with E-state index in [2.05, 4.69) is 92.9 Å². The first-order valence-corrected chi connectivity index (χ1v) is 49.9. The maximum atomic E-state index is 14.0. The third kappa shape index (κ3) is 20.1. The molecular formula is C83H62BrCl2F11N20O5S10. The van der Waals surface area contributed by atoms with Gasteiger partial charge >= 0.3 is 18.5 Å². The summed E-state index contributed by atoms with van der Waals surface area (Å²) in [5, 5.41) is 37.7. The highest BCUT2D eigenvalue weighted by molar-refractivity contribution is 9.10. The number of hydrogen-bond donors (Lipinski definition) is 5. The highest BCUT2D eigenvalue weighted by atomic mass is 79.9. The largest absolute Gasteiger partial charge is 0.421 e. The van der Waals surface area contributed by atoms with Gasteiger partial charge < -0.3 is 0 Å². The molecule has 5 amide bonds. The molecule has 15 aromatic rings. The van der Waals surface area contributed by atoms with Gasteiger partial charge in [-0.3, -0.25) is 50.6 Å². The number of amides is 5. The summed E-state index contributed by atoms with van der Waals surface area (Å²) in [5.74, 6) is 1.17. The minimum atomic E-state index is -4.87. The van der Waals surface area contributed by atoms with Gasteiger partial charge in [-0.05, 0) is 111 Å². The van der Waals surface area contributed by atoms with Crippen molar-refractivity contribution in [1.82, 2.24) is 73.8 Å². The first-order chi connectivity index (χ1) is 63.2. The molecule has 0 aliphatic heterocycles. The number of fused-ring (bicyclic) bond motifs is 15. The van der Waals surface area contributed by atoms with Crippen molar-refractivity contribution in [2.75, 3.05) is 55.3 Å². The summed E-state index contributed by atoms with van der Waals surface area (Å²) in [5.41, 5.74) is 9.78. The van der Waals surface area contributed by atoms with Crippen molar-refractivity contribution in [3.8, 4) is 81.3 Å². The van der Waals surface area contributed by atoms with E-state index in [-0.39, 0.29) is 43.3 Å². The van der Waals surface area contributed by atoms with Crippen molar-refractivity contribution in [2.24, 2.45) is 0 Å². The van der Waals surface area contributed by atoms with Crippen LogP contribution in [0.4, 0.5) is 97.9 Å². The number of nitrogens with zero attached hydrogens (tertiary/aromatic N) is 15. The second-order valence-corrected chi connectivity index (χ2v) is 41.0. The highest BCUT2D eigenvalue weighted by Gasteiger charge is 2.43. The Hall–Kier alpha value is -10.3. The SMILES string of the molecule is CCSC(=O)Nc1nc2c(s1)-c1c(cnn1-c1cc(Cl)ccc1Cl)C2.CCSC(=O)Nc1nc2c(s1)-c1c(cnn1-c1cc(F)ccc1C(F)(F)F)C2.CCSC(=O)Nc1nc2c(s1)-c1c(cnn1-c1cccc(F)c1C(F)(F)F)C2.CCSC(=O)Nc1nc2c(s1)-c1c(cnn1-c1ccccc1Br)C2.CCSC(=O)Nc1nc2c(s1)-c1c(cnn1-c1ccccc1C(F)(F)F)C2. The second kappa shape index (κ2) is 39.7. The summed E-state index contributed by atoms with van der Waals surface area (Å²) in [7, 11) is 0. The number of carbonyl (C=O) groups excluding carboxylic acids is 5. The number of hydrogen-bond acceptors (Lipinski definition) is 25. The van der Waals surface area contributed by atoms with Crippen LogP contribution in [0.25, 0.3) is 81.3 Å². The van der Waals surface area contributed by atoms with Crippen LogP contribution in [0.15, 0.2) is 139 Å². The van der Waals surface area contributed by atoms with Crippen LogP contribution in [0.1, 0.15) is 108 Å². The normalized spacial score (nSPS) is 12.5. The Bertz CT molecular complexity index is 6890. The van der Waals surface area contributed by atoms with Crippen molar-refractivity contribution in [3.05, 3.63) is 233 Å². The fraction of sp³-hybridized carbons (Fsp3) is 0.217. The van der Waals surface area contributed by atoms with Crippen LogP contribution in [0, 0.1) is 11.6 Å². The maximum absolute atomic E-state index is 14.0.